The number of aryl methyl sites for hydroxylation is 2. The van der Waals surface area contributed by atoms with Crippen LogP contribution in [0, 0.1) is 13.8 Å². The number of carboxylic acid groups (broad SMARTS) is 1. The second-order valence-electron chi connectivity index (χ2n) is 3.58. The zero-order chi connectivity index (χ0) is 13.2. The Hall–Kier alpha value is -2.11. The summed E-state index contributed by atoms with van der Waals surface area (Å²) in [6.45, 7) is 3.15. The lowest BCUT2D eigenvalue weighted by molar-refractivity contribution is -0.153. The van der Waals surface area contributed by atoms with Gasteiger partial charge in [-0.3, -0.25) is 4.79 Å². The van der Waals surface area contributed by atoms with Gasteiger partial charge in [0, 0.05) is 5.56 Å². The van der Waals surface area contributed by atoms with Crippen molar-refractivity contribution < 1.29 is 23.8 Å². The van der Waals surface area contributed by atoms with Crippen LogP contribution in [0.4, 0.5) is 4.39 Å². The van der Waals surface area contributed by atoms with Crippen LogP contribution in [0.3, 0.4) is 0 Å². The highest BCUT2D eigenvalue weighted by atomic mass is 19.1. The third kappa shape index (κ3) is 2.93. The Balaban J connectivity index is 3.10. The van der Waals surface area contributed by atoms with E-state index in [-0.39, 0.29) is 11.3 Å². The van der Waals surface area contributed by atoms with Gasteiger partial charge in [0.15, 0.2) is 0 Å². The molecule has 1 amide bonds. The number of carbonyl (C=O) groups excluding carboxylic acids is 1. The maximum absolute atomic E-state index is 12.9. The maximum Gasteiger partial charge on any atom is 0.378 e. The monoisotopic (exact) mass is 241 g/mol. The van der Waals surface area contributed by atoms with Crippen molar-refractivity contribution in [1.82, 2.24) is 0 Å². The quantitative estimate of drug-likeness (QED) is 0.827. The smallest absolute Gasteiger partial charge is 0.378 e. The van der Waals surface area contributed by atoms with Crippen molar-refractivity contribution in [2.75, 3.05) is 0 Å². The summed E-state index contributed by atoms with van der Waals surface area (Å²) in [5.41, 5.74) is 6.26. The van der Waals surface area contributed by atoms with Crippen molar-refractivity contribution in [3.63, 3.8) is 0 Å². The van der Waals surface area contributed by atoms with Gasteiger partial charge >= 0.3 is 12.3 Å². The molecule has 3 N–H and O–H groups in total. The van der Waals surface area contributed by atoms with Gasteiger partial charge < -0.3 is 15.6 Å². The SMILES string of the molecule is Cc1cc(C(N)=O)cc(C)c1OC(F)C(=O)O. The van der Waals surface area contributed by atoms with Crippen molar-refractivity contribution >= 4 is 11.9 Å². The van der Waals surface area contributed by atoms with Crippen LogP contribution in [0.15, 0.2) is 12.1 Å². The van der Waals surface area contributed by atoms with E-state index in [1.54, 1.807) is 13.8 Å². The first-order chi connectivity index (χ1) is 7.82. The lowest BCUT2D eigenvalue weighted by Gasteiger charge is -2.13. The van der Waals surface area contributed by atoms with E-state index in [1.165, 1.54) is 12.1 Å². The van der Waals surface area contributed by atoms with E-state index in [9.17, 15) is 14.0 Å². The van der Waals surface area contributed by atoms with E-state index in [1.807, 2.05) is 0 Å². The number of rotatable bonds is 4. The molecule has 17 heavy (non-hydrogen) atoms. The average molecular weight is 241 g/mol. The van der Waals surface area contributed by atoms with Crippen molar-refractivity contribution in [2.45, 2.75) is 20.2 Å². The number of hydrogen-bond acceptors (Lipinski definition) is 3. The van der Waals surface area contributed by atoms with Gasteiger partial charge in [0.2, 0.25) is 5.91 Å². The molecule has 0 aliphatic heterocycles. The zero-order valence-corrected chi connectivity index (χ0v) is 9.36. The molecule has 0 heterocycles. The number of benzene rings is 1. The molecule has 1 aromatic rings. The van der Waals surface area contributed by atoms with Crippen LogP contribution in [-0.4, -0.2) is 23.3 Å². The number of aliphatic carboxylic acids is 1. The molecule has 0 fully saturated rings. The molecule has 0 aromatic heterocycles. The summed E-state index contributed by atoms with van der Waals surface area (Å²) in [6, 6.07) is 2.83. The number of hydrogen-bond donors (Lipinski definition) is 2. The fourth-order valence-electron chi connectivity index (χ4n) is 1.43. The minimum absolute atomic E-state index is 0.102. The molecule has 1 unspecified atom stereocenters. The lowest BCUT2D eigenvalue weighted by atomic mass is 10.1. The van der Waals surface area contributed by atoms with Crippen LogP contribution in [0.2, 0.25) is 0 Å². The predicted octanol–water partition coefficient (Wildman–Crippen LogP) is 1.16. The van der Waals surface area contributed by atoms with Gasteiger partial charge in [-0.25, -0.2) is 4.79 Å². The van der Waals surface area contributed by atoms with E-state index >= 15 is 0 Å². The second kappa shape index (κ2) is 4.82. The maximum atomic E-state index is 12.9. The van der Waals surface area contributed by atoms with Gasteiger partial charge in [0.1, 0.15) is 5.75 Å². The summed E-state index contributed by atoms with van der Waals surface area (Å²) in [5.74, 6) is -2.22. The Bertz CT molecular complexity index is 450. The summed E-state index contributed by atoms with van der Waals surface area (Å²) < 4.78 is 17.6. The fourth-order valence-corrected chi connectivity index (χ4v) is 1.43. The number of ether oxygens (including phenoxy) is 1. The molecule has 0 spiro atoms. The third-order valence-corrected chi connectivity index (χ3v) is 2.16. The van der Waals surface area contributed by atoms with Gasteiger partial charge in [-0.15, -0.1) is 0 Å². The molecular weight excluding hydrogens is 229 g/mol. The molecule has 6 heteroatoms. The number of halogens is 1. The van der Waals surface area contributed by atoms with Crippen LogP contribution in [0.25, 0.3) is 0 Å². The number of amides is 1. The summed E-state index contributed by atoms with van der Waals surface area (Å²) in [5, 5.41) is 8.39. The summed E-state index contributed by atoms with van der Waals surface area (Å²) in [7, 11) is 0. The van der Waals surface area contributed by atoms with Crippen LogP contribution < -0.4 is 10.5 Å². The minimum atomic E-state index is -2.44. The van der Waals surface area contributed by atoms with Crippen molar-refractivity contribution in [3.05, 3.63) is 28.8 Å². The Labute approximate surface area is 97.0 Å². The van der Waals surface area contributed by atoms with E-state index in [0.29, 0.717) is 11.1 Å². The molecule has 0 radical (unpaired) electrons. The highest BCUT2D eigenvalue weighted by molar-refractivity contribution is 5.93. The Kier molecular flexibility index (Phi) is 3.67. The molecule has 0 bridgehead atoms. The number of nitrogens with two attached hydrogens (primary N) is 1. The summed E-state index contributed by atoms with van der Waals surface area (Å²) in [4.78, 5) is 21.3. The summed E-state index contributed by atoms with van der Waals surface area (Å²) >= 11 is 0. The first kappa shape index (κ1) is 13.0. The normalized spacial score (nSPS) is 11.9. The van der Waals surface area contributed by atoms with Gasteiger partial charge in [-0.1, -0.05) is 0 Å². The standard InChI is InChI=1S/C11H12FNO4/c1-5-3-7(10(13)14)4-6(2)8(5)17-9(12)11(15)16/h3-4,9H,1-2H3,(H2,13,14)(H,15,16). The van der Waals surface area contributed by atoms with E-state index in [2.05, 4.69) is 4.74 Å². The molecule has 0 saturated carbocycles. The number of primary amides is 1. The van der Waals surface area contributed by atoms with E-state index in [4.69, 9.17) is 10.8 Å². The molecule has 5 nitrogen and oxygen atoms in total. The van der Waals surface area contributed by atoms with E-state index in [0.717, 1.165) is 0 Å². The number of carboxylic acids is 1. The Morgan fingerprint density at radius 2 is 1.82 bits per heavy atom. The molecule has 92 valence electrons. The van der Waals surface area contributed by atoms with Crippen molar-refractivity contribution in [1.29, 1.82) is 0 Å². The molecule has 1 aromatic carbocycles. The third-order valence-electron chi connectivity index (χ3n) is 2.16. The van der Waals surface area contributed by atoms with Crippen LogP contribution in [0.1, 0.15) is 21.5 Å². The first-order valence-corrected chi connectivity index (χ1v) is 4.77. The largest absolute Gasteiger partial charge is 0.476 e. The fraction of sp³-hybridized carbons (Fsp3) is 0.273. The topological polar surface area (TPSA) is 89.6 Å². The zero-order valence-electron chi connectivity index (χ0n) is 9.36. The van der Waals surface area contributed by atoms with Crippen LogP contribution in [-0.2, 0) is 4.79 Å². The van der Waals surface area contributed by atoms with Crippen molar-refractivity contribution in [2.24, 2.45) is 5.73 Å². The minimum Gasteiger partial charge on any atom is -0.476 e. The predicted molar refractivity (Wildman–Crippen MR) is 57.6 cm³/mol. The van der Waals surface area contributed by atoms with Gasteiger partial charge in [0.05, 0.1) is 0 Å². The Morgan fingerprint density at radius 1 is 1.35 bits per heavy atom. The molecule has 1 rings (SSSR count). The number of carbonyl (C=O) groups is 2. The second-order valence-corrected chi connectivity index (χ2v) is 3.58. The number of alkyl halides is 1. The average Bonchev–Trinajstić information content (AvgIpc) is 2.22. The van der Waals surface area contributed by atoms with Crippen LogP contribution in [0.5, 0.6) is 5.75 Å². The molecular formula is C11H12FNO4. The van der Waals surface area contributed by atoms with Gasteiger partial charge in [-0.05, 0) is 37.1 Å². The molecule has 0 saturated heterocycles. The summed E-state index contributed by atoms with van der Waals surface area (Å²) in [6.07, 6.45) is -2.44. The molecule has 0 aliphatic rings. The van der Waals surface area contributed by atoms with Crippen molar-refractivity contribution in [3.8, 4) is 5.75 Å². The van der Waals surface area contributed by atoms with Gasteiger partial charge in [0.25, 0.3) is 0 Å². The lowest BCUT2D eigenvalue weighted by Crippen LogP contribution is -2.22. The van der Waals surface area contributed by atoms with E-state index < -0.39 is 18.2 Å². The van der Waals surface area contributed by atoms with Crippen LogP contribution >= 0.6 is 0 Å². The van der Waals surface area contributed by atoms with Gasteiger partial charge in [-0.2, -0.15) is 4.39 Å². The first-order valence-electron chi connectivity index (χ1n) is 4.77. The molecule has 1 atom stereocenters. The highest BCUT2D eigenvalue weighted by Crippen LogP contribution is 2.26. The highest BCUT2D eigenvalue weighted by Gasteiger charge is 2.20. The molecule has 0 aliphatic carbocycles. The Morgan fingerprint density at radius 3 is 2.18 bits per heavy atom.